The van der Waals surface area contributed by atoms with Gasteiger partial charge in [-0.15, -0.1) is 0 Å². The minimum atomic E-state index is -0.372. The molecular formula is C16H19ClN4O. The van der Waals surface area contributed by atoms with Gasteiger partial charge >= 0.3 is 0 Å². The van der Waals surface area contributed by atoms with Crippen LogP contribution in [0, 0.1) is 0 Å². The van der Waals surface area contributed by atoms with Crippen LogP contribution < -0.4 is 11.1 Å². The predicted molar refractivity (Wildman–Crippen MR) is 85.4 cm³/mol. The van der Waals surface area contributed by atoms with Crippen molar-refractivity contribution in [3.8, 4) is 0 Å². The van der Waals surface area contributed by atoms with Crippen molar-refractivity contribution < 1.29 is 4.79 Å². The van der Waals surface area contributed by atoms with Gasteiger partial charge in [-0.2, -0.15) is 5.10 Å². The summed E-state index contributed by atoms with van der Waals surface area (Å²) in [6, 6.07) is 8.04. The van der Waals surface area contributed by atoms with Crippen molar-refractivity contribution in [2.75, 3.05) is 0 Å². The lowest BCUT2D eigenvalue weighted by atomic mass is 9.93. The first-order valence-corrected chi connectivity index (χ1v) is 7.82. The zero-order valence-corrected chi connectivity index (χ0v) is 13.0. The maximum Gasteiger partial charge on any atom is 0.239 e. The average Bonchev–Trinajstić information content (AvgIpc) is 2.87. The van der Waals surface area contributed by atoms with Gasteiger partial charge < -0.3 is 11.1 Å². The average molecular weight is 319 g/mol. The van der Waals surface area contributed by atoms with Crippen molar-refractivity contribution in [3.63, 3.8) is 0 Å². The van der Waals surface area contributed by atoms with Crippen LogP contribution in [0.5, 0.6) is 0 Å². The van der Waals surface area contributed by atoms with E-state index in [1.165, 1.54) is 5.56 Å². The summed E-state index contributed by atoms with van der Waals surface area (Å²) in [5.74, 6) is -0.372. The van der Waals surface area contributed by atoms with Gasteiger partial charge in [-0.05, 0) is 42.5 Å². The summed E-state index contributed by atoms with van der Waals surface area (Å²) in [6.45, 7) is 0.876. The molecule has 1 heterocycles. The fourth-order valence-electron chi connectivity index (χ4n) is 2.92. The quantitative estimate of drug-likeness (QED) is 0.887. The number of hydrogen-bond acceptors (Lipinski definition) is 3. The highest BCUT2D eigenvalue weighted by Crippen LogP contribution is 2.28. The Labute approximate surface area is 134 Å². The molecule has 6 heteroatoms. The lowest BCUT2D eigenvalue weighted by Gasteiger charge is -2.22. The number of primary amides is 1. The second kappa shape index (κ2) is 6.50. The van der Waals surface area contributed by atoms with Gasteiger partial charge in [-0.1, -0.05) is 23.7 Å². The summed E-state index contributed by atoms with van der Waals surface area (Å²) >= 11 is 6.01. The van der Waals surface area contributed by atoms with Crippen LogP contribution in [0.4, 0.5) is 0 Å². The maximum atomic E-state index is 11.0. The number of carbonyl (C=O) groups is 1. The first kappa shape index (κ1) is 15.1. The number of fused-ring (bicyclic) bond motifs is 1. The molecule has 1 aliphatic carbocycles. The number of aromatic nitrogens is 2. The molecule has 0 aliphatic heterocycles. The van der Waals surface area contributed by atoms with E-state index in [9.17, 15) is 4.79 Å². The Balaban J connectivity index is 1.71. The van der Waals surface area contributed by atoms with Crippen LogP contribution >= 0.6 is 11.6 Å². The summed E-state index contributed by atoms with van der Waals surface area (Å²) < 4.78 is 1.65. The number of amides is 1. The van der Waals surface area contributed by atoms with Crippen LogP contribution in [0.3, 0.4) is 0 Å². The third-order valence-corrected chi connectivity index (χ3v) is 4.13. The molecule has 1 aromatic carbocycles. The molecular weight excluding hydrogens is 300 g/mol. The van der Waals surface area contributed by atoms with Crippen molar-refractivity contribution in [1.82, 2.24) is 15.1 Å². The first-order valence-electron chi connectivity index (χ1n) is 7.44. The molecule has 0 spiro atoms. The molecule has 116 valence electrons. The molecule has 1 amide bonds. The zero-order chi connectivity index (χ0) is 15.5. The van der Waals surface area contributed by atoms with E-state index in [-0.39, 0.29) is 18.5 Å². The van der Waals surface area contributed by atoms with Crippen LogP contribution in [0.15, 0.2) is 30.5 Å². The van der Waals surface area contributed by atoms with Gasteiger partial charge in [0.05, 0.1) is 11.7 Å². The Bertz CT molecular complexity index is 683. The second-order valence-electron chi connectivity index (χ2n) is 5.66. The standard InChI is InChI=1S/C16H19ClN4O/c17-13-5-1-3-11(7-13)8-19-14-6-2-4-12-9-21(10-15(18)22)20-16(12)14/h1,3,5,7,9,14,19H,2,4,6,8,10H2,(H2,18,22)/t14-/m0/s1. The monoisotopic (exact) mass is 318 g/mol. The number of halogens is 1. The van der Waals surface area contributed by atoms with Gasteiger partial charge in [0.2, 0.25) is 5.91 Å². The Kier molecular flexibility index (Phi) is 4.45. The van der Waals surface area contributed by atoms with Crippen molar-refractivity contribution in [2.45, 2.75) is 38.4 Å². The molecule has 0 fully saturated rings. The number of carbonyl (C=O) groups excluding carboxylic acids is 1. The number of nitrogens with two attached hydrogens (primary N) is 1. The number of aryl methyl sites for hydroxylation is 1. The zero-order valence-electron chi connectivity index (χ0n) is 12.3. The molecule has 1 aromatic heterocycles. The van der Waals surface area contributed by atoms with Gasteiger partial charge in [0.15, 0.2) is 0 Å². The highest BCUT2D eigenvalue weighted by Gasteiger charge is 2.23. The second-order valence-corrected chi connectivity index (χ2v) is 6.10. The smallest absolute Gasteiger partial charge is 0.239 e. The Morgan fingerprint density at radius 1 is 1.50 bits per heavy atom. The van der Waals surface area contributed by atoms with Crippen LogP contribution in [0.25, 0.3) is 0 Å². The van der Waals surface area contributed by atoms with E-state index in [2.05, 4.69) is 10.4 Å². The van der Waals surface area contributed by atoms with E-state index in [0.29, 0.717) is 0 Å². The van der Waals surface area contributed by atoms with Gasteiger partial charge in [-0.25, -0.2) is 0 Å². The Morgan fingerprint density at radius 2 is 2.36 bits per heavy atom. The molecule has 0 radical (unpaired) electrons. The molecule has 0 unspecified atom stereocenters. The van der Waals surface area contributed by atoms with E-state index in [4.69, 9.17) is 17.3 Å². The number of nitrogens with zero attached hydrogens (tertiary/aromatic N) is 2. The number of nitrogens with one attached hydrogen (secondary N) is 1. The minimum absolute atomic E-state index is 0.133. The summed E-state index contributed by atoms with van der Waals surface area (Å²) in [7, 11) is 0. The van der Waals surface area contributed by atoms with Gasteiger partial charge in [-0.3, -0.25) is 9.48 Å². The number of benzene rings is 1. The lowest BCUT2D eigenvalue weighted by molar-refractivity contribution is -0.118. The normalized spacial score (nSPS) is 17.2. The molecule has 5 nitrogen and oxygen atoms in total. The summed E-state index contributed by atoms with van der Waals surface area (Å²) in [5.41, 5.74) is 8.63. The lowest BCUT2D eigenvalue weighted by Crippen LogP contribution is -2.25. The minimum Gasteiger partial charge on any atom is -0.368 e. The molecule has 3 N–H and O–H groups in total. The fraction of sp³-hybridized carbons (Fsp3) is 0.375. The largest absolute Gasteiger partial charge is 0.368 e. The highest BCUT2D eigenvalue weighted by atomic mass is 35.5. The third kappa shape index (κ3) is 3.48. The Morgan fingerprint density at radius 3 is 3.14 bits per heavy atom. The van der Waals surface area contributed by atoms with Crippen molar-refractivity contribution in [1.29, 1.82) is 0 Å². The van der Waals surface area contributed by atoms with E-state index < -0.39 is 0 Å². The van der Waals surface area contributed by atoms with Crippen molar-refractivity contribution in [3.05, 3.63) is 52.3 Å². The fourth-order valence-corrected chi connectivity index (χ4v) is 3.14. The van der Waals surface area contributed by atoms with Crippen LogP contribution in [0.2, 0.25) is 5.02 Å². The van der Waals surface area contributed by atoms with Crippen LogP contribution in [-0.4, -0.2) is 15.7 Å². The molecule has 2 aromatic rings. The van der Waals surface area contributed by atoms with E-state index in [1.54, 1.807) is 4.68 Å². The SMILES string of the molecule is NC(=O)Cn1cc2c(n1)[C@@H](NCc1cccc(Cl)c1)CCC2. The summed E-state index contributed by atoms with van der Waals surface area (Å²) in [4.78, 5) is 11.0. The molecule has 1 atom stereocenters. The van der Waals surface area contributed by atoms with Gasteiger partial charge in [0.1, 0.15) is 6.54 Å². The molecule has 3 rings (SSSR count). The van der Waals surface area contributed by atoms with E-state index in [1.807, 2.05) is 30.5 Å². The highest BCUT2D eigenvalue weighted by molar-refractivity contribution is 6.30. The number of rotatable bonds is 5. The third-order valence-electron chi connectivity index (χ3n) is 3.90. The van der Waals surface area contributed by atoms with Crippen LogP contribution in [-0.2, 0) is 24.3 Å². The molecule has 22 heavy (non-hydrogen) atoms. The van der Waals surface area contributed by atoms with Crippen molar-refractivity contribution >= 4 is 17.5 Å². The molecule has 1 aliphatic rings. The number of hydrogen-bond donors (Lipinski definition) is 2. The topological polar surface area (TPSA) is 72.9 Å². The molecule has 0 saturated carbocycles. The molecule has 0 saturated heterocycles. The maximum absolute atomic E-state index is 11.0. The van der Waals surface area contributed by atoms with Crippen LogP contribution in [0.1, 0.15) is 35.7 Å². The predicted octanol–water partition coefficient (Wildman–Crippen LogP) is 2.19. The van der Waals surface area contributed by atoms with Gasteiger partial charge in [0.25, 0.3) is 0 Å². The Hall–Kier alpha value is -1.85. The molecule has 0 bridgehead atoms. The van der Waals surface area contributed by atoms with Crippen molar-refractivity contribution in [2.24, 2.45) is 5.73 Å². The first-order chi connectivity index (χ1) is 10.6. The summed E-state index contributed by atoms with van der Waals surface area (Å²) in [6.07, 6.45) is 5.10. The van der Waals surface area contributed by atoms with E-state index in [0.717, 1.165) is 42.1 Å². The van der Waals surface area contributed by atoms with E-state index >= 15 is 0 Å². The van der Waals surface area contributed by atoms with Gasteiger partial charge in [0, 0.05) is 17.8 Å². The summed E-state index contributed by atoms with van der Waals surface area (Å²) in [5, 5.41) is 8.81.